The maximum atomic E-state index is 11.5. The normalized spacial score (nSPS) is 41.6. The third kappa shape index (κ3) is 1.86. The molecular formula is C13H22O3. The Kier molecular flexibility index (Phi) is 2.77. The summed E-state index contributed by atoms with van der Waals surface area (Å²) in [4.78, 5) is 11.5. The van der Waals surface area contributed by atoms with Crippen LogP contribution in [0.2, 0.25) is 0 Å². The van der Waals surface area contributed by atoms with E-state index < -0.39 is 0 Å². The largest absolute Gasteiger partial charge is 0.462 e. The van der Waals surface area contributed by atoms with Crippen LogP contribution in [-0.4, -0.2) is 24.8 Å². The van der Waals surface area contributed by atoms with E-state index in [2.05, 4.69) is 20.8 Å². The second-order valence-corrected chi connectivity index (χ2v) is 6.18. The van der Waals surface area contributed by atoms with Crippen molar-refractivity contribution in [3.05, 3.63) is 0 Å². The SMILES string of the molecule is CCO[C@@H]1CC(=O)O[C@@H]2CC(C)(C)C[C@]12C. The van der Waals surface area contributed by atoms with E-state index >= 15 is 0 Å². The highest BCUT2D eigenvalue weighted by Crippen LogP contribution is 2.55. The van der Waals surface area contributed by atoms with E-state index in [0.29, 0.717) is 13.0 Å². The van der Waals surface area contributed by atoms with Crippen LogP contribution in [0.1, 0.15) is 47.0 Å². The molecule has 0 spiro atoms. The first kappa shape index (κ1) is 11.9. The lowest BCUT2D eigenvalue weighted by Gasteiger charge is -2.42. The number of rotatable bonds is 2. The molecule has 0 aromatic heterocycles. The lowest BCUT2D eigenvalue weighted by Crippen LogP contribution is -2.48. The molecule has 1 aliphatic carbocycles. The Balaban J connectivity index is 2.24. The molecule has 0 unspecified atom stereocenters. The topological polar surface area (TPSA) is 35.5 Å². The summed E-state index contributed by atoms with van der Waals surface area (Å²) in [5.74, 6) is -0.0985. The predicted octanol–water partition coefficient (Wildman–Crippen LogP) is 2.53. The molecule has 0 amide bonds. The van der Waals surface area contributed by atoms with Gasteiger partial charge < -0.3 is 9.47 Å². The molecule has 92 valence electrons. The van der Waals surface area contributed by atoms with Crippen molar-refractivity contribution in [1.82, 2.24) is 0 Å². The predicted molar refractivity (Wildman–Crippen MR) is 61.0 cm³/mol. The van der Waals surface area contributed by atoms with E-state index in [4.69, 9.17) is 9.47 Å². The van der Waals surface area contributed by atoms with Crippen LogP contribution < -0.4 is 0 Å². The van der Waals surface area contributed by atoms with Gasteiger partial charge in [-0.05, 0) is 25.2 Å². The lowest BCUT2D eigenvalue weighted by atomic mass is 9.75. The number of hydrogen-bond acceptors (Lipinski definition) is 3. The van der Waals surface area contributed by atoms with E-state index in [1.165, 1.54) is 0 Å². The molecule has 0 aromatic rings. The van der Waals surface area contributed by atoms with Gasteiger partial charge in [-0.2, -0.15) is 0 Å². The van der Waals surface area contributed by atoms with Gasteiger partial charge in [0.05, 0.1) is 12.5 Å². The van der Waals surface area contributed by atoms with Gasteiger partial charge in [0.15, 0.2) is 0 Å². The Bertz CT molecular complexity index is 298. The van der Waals surface area contributed by atoms with E-state index in [1.54, 1.807) is 0 Å². The van der Waals surface area contributed by atoms with Crippen LogP contribution in [0.4, 0.5) is 0 Å². The van der Waals surface area contributed by atoms with Gasteiger partial charge in [-0.3, -0.25) is 4.79 Å². The molecule has 0 radical (unpaired) electrons. The number of fused-ring (bicyclic) bond motifs is 1. The molecule has 1 saturated carbocycles. The van der Waals surface area contributed by atoms with Crippen LogP contribution in [0.5, 0.6) is 0 Å². The van der Waals surface area contributed by atoms with E-state index in [9.17, 15) is 4.79 Å². The molecule has 3 heteroatoms. The molecule has 3 atom stereocenters. The van der Waals surface area contributed by atoms with E-state index in [-0.39, 0.29) is 29.0 Å². The van der Waals surface area contributed by atoms with Crippen LogP contribution in [-0.2, 0) is 14.3 Å². The molecule has 0 N–H and O–H groups in total. The fourth-order valence-corrected chi connectivity index (χ4v) is 3.49. The molecule has 1 saturated heterocycles. The molecule has 0 bridgehead atoms. The highest BCUT2D eigenvalue weighted by atomic mass is 16.6. The van der Waals surface area contributed by atoms with Gasteiger partial charge >= 0.3 is 5.97 Å². The lowest BCUT2D eigenvalue weighted by molar-refractivity contribution is -0.183. The molecule has 3 nitrogen and oxygen atoms in total. The van der Waals surface area contributed by atoms with Gasteiger partial charge in [-0.15, -0.1) is 0 Å². The monoisotopic (exact) mass is 226 g/mol. The quantitative estimate of drug-likeness (QED) is 0.679. The van der Waals surface area contributed by atoms with Crippen LogP contribution in [0.25, 0.3) is 0 Å². The standard InChI is InChI=1S/C13H22O3/c1-5-15-9-6-11(14)16-10-7-12(2,3)8-13(9,10)4/h9-10H,5-8H2,1-4H3/t9-,10-,13-/m1/s1. The fourth-order valence-electron chi connectivity index (χ4n) is 3.49. The third-order valence-corrected chi connectivity index (χ3v) is 4.06. The molecular weight excluding hydrogens is 204 g/mol. The first-order chi connectivity index (χ1) is 7.37. The molecule has 1 aliphatic heterocycles. The van der Waals surface area contributed by atoms with E-state index in [0.717, 1.165) is 12.8 Å². The van der Waals surface area contributed by atoms with Crippen molar-refractivity contribution in [2.45, 2.75) is 59.2 Å². The number of esters is 1. The molecule has 2 fully saturated rings. The Hall–Kier alpha value is -0.570. The van der Waals surface area contributed by atoms with Crippen molar-refractivity contribution in [3.8, 4) is 0 Å². The summed E-state index contributed by atoms with van der Waals surface area (Å²) in [5.41, 5.74) is 0.257. The highest BCUT2D eigenvalue weighted by Gasteiger charge is 2.57. The van der Waals surface area contributed by atoms with Gasteiger partial charge in [0.25, 0.3) is 0 Å². The van der Waals surface area contributed by atoms with Crippen molar-refractivity contribution in [2.24, 2.45) is 10.8 Å². The zero-order chi connectivity index (χ0) is 12.0. The summed E-state index contributed by atoms with van der Waals surface area (Å²) in [6.45, 7) is 9.35. The van der Waals surface area contributed by atoms with Gasteiger partial charge in [0.2, 0.25) is 0 Å². The van der Waals surface area contributed by atoms with Crippen molar-refractivity contribution in [2.75, 3.05) is 6.61 Å². The first-order valence-electron chi connectivity index (χ1n) is 6.18. The Morgan fingerprint density at radius 1 is 1.44 bits per heavy atom. The average molecular weight is 226 g/mol. The number of carbonyl (C=O) groups is 1. The molecule has 2 rings (SSSR count). The van der Waals surface area contributed by atoms with Crippen LogP contribution >= 0.6 is 0 Å². The van der Waals surface area contributed by atoms with Gasteiger partial charge in [0, 0.05) is 12.0 Å². The Morgan fingerprint density at radius 2 is 2.12 bits per heavy atom. The van der Waals surface area contributed by atoms with Crippen molar-refractivity contribution >= 4 is 5.97 Å². The van der Waals surface area contributed by atoms with Gasteiger partial charge in [0.1, 0.15) is 6.10 Å². The van der Waals surface area contributed by atoms with E-state index in [1.807, 2.05) is 6.92 Å². The first-order valence-corrected chi connectivity index (χ1v) is 6.18. The number of carbonyl (C=O) groups excluding carboxylic acids is 1. The second kappa shape index (κ2) is 3.73. The smallest absolute Gasteiger partial charge is 0.308 e. The summed E-state index contributed by atoms with van der Waals surface area (Å²) >= 11 is 0. The van der Waals surface area contributed by atoms with Crippen molar-refractivity contribution < 1.29 is 14.3 Å². The van der Waals surface area contributed by atoms with Gasteiger partial charge in [-0.1, -0.05) is 20.8 Å². The summed E-state index contributed by atoms with van der Waals surface area (Å²) in [6.07, 6.45) is 2.52. The van der Waals surface area contributed by atoms with Crippen LogP contribution in [0.3, 0.4) is 0 Å². The zero-order valence-electron chi connectivity index (χ0n) is 10.7. The maximum Gasteiger partial charge on any atom is 0.308 e. The van der Waals surface area contributed by atoms with Gasteiger partial charge in [-0.25, -0.2) is 0 Å². The summed E-state index contributed by atoms with van der Waals surface area (Å²) in [6, 6.07) is 0. The Labute approximate surface area is 97.5 Å². The minimum Gasteiger partial charge on any atom is -0.462 e. The zero-order valence-corrected chi connectivity index (χ0v) is 10.7. The highest BCUT2D eigenvalue weighted by molar-refractivity contribution is 5.71. The minimum atomic E-state index is -0.0985. The minimum absolute atomic E-state index is 0.00736. The molecule has 0 aromatic carbocycles. The van der Waals surface area contributed by atoms with Crippen molar-refractivity contribution in [3.63, 3.8) is 0 Å². The third-order valence-electron chi connectivity index (χ3n) is 4.06. The molecule has 1 heterocycles. The number of ether oxygens (including phenoxy) is 2. The van der Waals surface area contributed by atoms with Crippen LogP contribution in [0.15, 0.2) is 0 Å². The summed E-state index contributed by atoms with van der Waals surface area (Å²) < 4.78 is 11.3. The summed E-state index contributed by atoms with van der Waals surface area (Å²) in [7, 11) is 0. The fraction of sp³-hybridized carbons (Fsp3) is 0.923. The summed E-state index contributed by atoms with van der Waals surface area (Å²) in [5, 5.41) is 0. The maximum absolute atomic E-state index is 11.5. The average Bonchev–Trinajstić information content (AvgIpc) is 2.36. The van der Waals surface area contributed by atoms with Crippen LogP contribution in [0, 0.1) is 10.8 Å². The Morgan fingerprint density at radius 3 is 2.75 bits per heavy atom. The number of hydrogen-bond donors (Lipinski definition) is 0. The second-order valence-electron chi connectivity index (χ2n) is 6.18. The molecule has 2 aliphatic rings. The molecule has 16 heavy (non-hydrogen) atoms. The van der Waals surface area contributed by atoms with Crippen molar-refractivity contribution in [1.29, 1.82) is 0 Å².